The van der Waals surface area contributed by atoms with Crippen LogP contribution in [0.3, 0.4) is 0 Å². The molecule has 3 heterocycles. The number of pyridine rings is 1. The number of hydrogen-bond donors (Lipinski definition) is 1. The van der Waals surface area contributed by atoms with Crippen LogP contribution in [0.15, 0.2) is 42.0 Å². The van der Waals surface area contributed by atoms with Gasteiger partial charge < -0.3 is 10.1 Å². The summed E-state index contributed by atoms with van der Waals surface area (Å²) >= 11 is 1.56. The molecule has 0 bridgehead atoms. The summed E-state index contributed by atoms with van der Waals surface area (Å²) in [5.74, 6) is 0.0936. The fourth-order valence-corrected chi connectivity index (χ4v) is 2.74. The van der Waals surface area contributed by atoms with Gasteiger partial charge in [0.25, 0.3) is 0 Å². The predicted molar refractivity (Wildman–Crippen MR) is 90.7 cm³/mol. The van der Waals surface area contributed by atoms with Crippen molar-refractivity contribution >= 4 is 23.1 Å². The van der Waals surface area contributed by atoms with Crippen molar-refractivity contribution in [2.45, 2.75) is 13.5 Å². The van der Waals surface area contributed by atoms with Crippen LogP contribution in [-0.2, 0) is 11.3 Å². The normalized spacial score (nSPS) is 10.4. The van der Waals surface area contributed by atoms with Crippen LogP contribution in [-0.4, -0.2) is 32.7 Å². The zero-order chi connectivity index (χ0) is 16.8. The van der Waals surface area contributed by atoms with E-state index in [1.807, 2.05) is 17.5 Å². The van der Waals surface area contributed by atoms with Gasteiger partial charge in [-0.2, -0.15) is 0 Å². The lowest BCUT2D eigenvalue weighted by atomic mass is 10.3. The lowest BCUT2D eigenvalue weighted by molar-refractivity contribution is 0.0518. The summed E-state index contributed by atoms with van der Waals surface area (Å²) < 4.78 is 4.87. The van der Waals surface area contributed by atoms with Gasteiger partial charge in [-0.1, -0.05) is 0 Å². The van der Waals surface area contributed by atoms with Gasteiger partial charge in [0.15, 0.2) is 5.69 Å². The number of nitrogens with one attached hydrogen (secondary N) is 1. The minimum Gasteiger partial charge on any atom is -0.461 e. The van der Waals surface area contributed by atoms with Gasteiger partial charge >= 0.3 is 5.97 Å². The van der Waals surface area contributed by atoms with Gasteiger partial charge in [0.1, 0.15) is 10.8 Å². The molecule has 7 nitrogen and oxygen atoms in total. The lowest BCUT2D eigenvalue weighted by Gasteiger charge is -2.04. The first kappa shape index (κ1) is 16.0. The summed E-state index contributed by atoms with van der Waals surface area (Å²) in [5.41, 5.74) is 2.08. The van der Waals surface area contributed by atoms with E-state index < -0.39 is 5.97 Å². The highest BCUT2D eigenvalue weighted by atomic mass is 32.1. The minimum atomic E-state index is -0.475. The summed E-state index contributed by atoms with van der Waals surface area (Å²) in [5, 5.41) is 13.8. The van der Waals surface area contributed by atoms with E-state index in [0.29, 0.717) is 19.0 Å². The molecule has 3 rings (SSSR count). The van der Waals surface area contributed by atoms with Crippen LogP contribution in [0.25, 0.3) is 10.6 Å². The minimum absolute atomic E-state index is 0.190. The van der Waals surface area contributed by atoms with Crippen molar-refractivity contribution < 1.29 is 9.53 Å². The lowest BCUT2D eigenvalue weighted by Crippen LogP contribution is -2.09. The van der Waals surface area contributed by atoms with Crippen molar-refractivity contribution in [1.29, 1.82) is 0 Å². The molecule has 3 aromatic heterocycles. The molecular weight excluding hydrogens is 326 g/mol. The SMILES string of the molecule is CCOC(=O)c1ccc(NCc2csc(-c3cccnc3)n2)nn1. The fourth-order valence-electron chi connectivity index (χ4n) is 1.93. The third-order valence-corrected chi connectivity index (χ3v) is 4.00. The van der Waals surface area contributed by atoms with Gasteiger partial charge in [0, 0.05) is 23.3 Å². The maximum absolute atomic E-state index is 11.5. The number of esters is 1. The summed E-state index contributed by atoms with van der Waals surface area (Å²) in [6, 6.07) is 7.13. The average molecular weight is 341 g/mol. The fraction of sp³-hybridized carbons (Fsp3) is 0.188. The number of anilines is 1. The molecule has 0 fully saturated rings. The Hall–Kier alpha value is -2.87. The molecule has 8 heteroatoms. The van der Waals surface area contributed by atoms with Gasteiger partial charge in [0.2, 0.25) is 0 Å². The third-order valence-electron chi connectivity index (χ3n) is 3.06. The second kappa shape index (κ2) is 7.60. The number of aromatic nitrogens is 4. The molecule has 0 unspecified atom stereocenters. The van der Waals surface area contributed by atoms with Gasteiger partial charge in [-0.05, 0) is 31.2 Å². The number of nitrogens with zero attached hydrogens (tertiary/aromatic N) is 4. The summed E-state index contributed by atoms with van der Waals surface area (Å²) in [4.78, 5) is 20.2. The maximum atomic E-state index is 11.5. The highest BCUT2D eigenvalue weighted by Gasteiger charge is 2.09. The van der Waals surface area contributed by atoms with Crippen molar-refractivity contribution in [2.75, 3.05) is 11.9 Å². The van der Waals surface area contributed by atoms with E-state index in [1.165, 1.54) is 0 Å². The molecular formula is C16H15N5O2S. The monoisotopic (exact) mass is 341 g/mol. The number of carbonyl (C=O) groups is 1. The zero-order valence-corrected chi connectivity index (χ0v) is 13.8. The number of thiazole rings is 1. The van der Waals surface area contributed by atoms with Gasteiger partial charge in [-0.3, -0.25) is 4.98 Å². The van der Waals surface area contributed by atoms with Crippen LogP contribution in [0.1, 0.15) is 23.1 Å². The van der Waals surface area contributed by atoms with Crippen LogP contribution in [0, 0.1) is 0 Å². The molecule has 0 spiro atoms. The van der Waals surface area contributed by atoms with Crippen molar-refractivity contribution in [3.05, 3.63) is 53.4 Å². The molecule has 0 atom stereocenters. The van der Waals surface area contributed by atoms with E-state index >= 15 is 0 Å². The van der Waals surface area contributed by atoms with E-state index in [2.05, 4.69) is 25.5 Å². The standard InChI is InChI=1S/C16H15N5O2S/c1-2-23-16(22)13-5-6-14(21-20-13)18-9-12-10-24-15(19-12)11-4-3-7-17-8-11/h3-8,10H,2,9H2,1H3,(H,18,21). The second-order valence-electron chi connectivity index (χ2n) is 4.76. The number of rotatable bonds is 6. The Morgan fingerprint density at radius 1 is 1.29 bits per heavy atom. The average Bonchev–Trinajstić information content (AvgIpc) is 3.10. The molecule has 0 amide bonds. The number of ether oxygens (including phenoxy) is 1. The van der Waals surface area contributed by atoms with Gasteiger partial charge in [-0.25, -0.2) is 9.78 Å². The zero-order valence-electron chi connectivity index (χ0n) is 13.0. The highest BCUT2D eigenvalue weighted by Crippen LogP contribution is 2.22. The molecule has 0 saturated heterocycles. The Morgan fingerprint density at radius 2 is 2.21 bits per heavy atom. The Morgan fingerprint density at radius 3 is 2.92 bits per heavy atom. The largest absolute Gasteiger partial charge is 0.461 e. The summed E-state index contributed by atoms with van der Waals surface area (Å²) in [6.07, 6.45) is 3.52. The van der Waals surface area contributed by atoms with Crippen molar-refractivity contribution in [2.24, 2.45) is 0 Å². The van der Waals surface area contributed by atoms with Crippen LogP contribution in [0.5, 0.6) is 0 Å². The summed E-state index contributed by atoms with van der Waals surface area (Å²) in [7, 11) is 0. The van der Waals surface area contributed by atoms with Crippen molar-refractivity contribution in [3.63, 3.8) is 0 Å². The van der Waals surface area contributed by atoms with E-state index in [0.717, 1.165) is 16.3 Å². The first-order chi connectivity index (χ1) is 11.8. The topological polar surface area (TPSA) is 89.9 Å². The Bertz CT molecular complexity index is 805. The third kappa shape index (κ3) is 3.90. The van der Waals surface area contributed by atoms with E-state index in [1.54, 1.807) is 42.8 Å². The number of hydrogen-bond acceptors (Lipinski definition) is 8. The van der Waals surface area contributed by atoms with E-state index in [-0.39, 0.29) is 5.69 Å². The van der Waals surface area contributed by atoms with Gasteiger partial charge in [0.05, 0.1) is 18.8 Å². The Balaban J connectivity index is 1.60. The number of carbonyl (C=O) groups excluding carboxylic acids is 1. The molecule has 0 aromatic carbocycles. The van der Waals surface area contributed by atoms with Crippen LogP contribution < -0.4 is 5.32 Å². The second-order valence-corrected chi connectivity index (χ2v) is 5.62. The Labute approximate surface area is 142 Å². The smallest absolute Gasteiger partial charge is 0.358 e. The molecule has 24 heavy (non-hydrogen) atoms. The Kier molecular flexibility index (Phi) is 5.07. The molecule has 0 aliphatic rings. The summed E-state index contributed by atoms with van der Waals surface area (Å²) in [6.45, 7) is 2.57. The highest BCUT2D eigenvalue weighted by molar-refractivity contribution is 7.13. The van der Waals surface area contributed by atoms with E-state index in [4.69, 9.17) is 4.74 Å². The van der Waals surface area contributed by atoms with Gasteiger partial charge in [-0.15, -0.1) is 21.5 Å². The predicted octanol–water partition coefficient (Wildman–Crippen LogP) is 2.78. The molecule has 0 saturated carbocycles. The molecule has 3 aromatic rings. The van der Waals surface area contributed by atoms with Crippen LogP contribution >= 0.6 is 11.3 Å². The molecule has 0 aliphatic heterocycles. The van der Waals surface area contributed by atoms with Crippen LogP contribution in [0.4, 0.5) is 5.82 Å². The van der Waals surface area contributed by atoms with E-state index in [9.17, 15) is 4.79 Å². The molecule has 0 radical (unpaired) electrons. The first-order valence-corrected chi connectivity index (χ1v) is 8.23. The molecule has 1 N–H and O–H groups in total. The maximum Gasteiger partial charge on any atom is 0.358 e. The first-order valence-electron chi connectivity index (χ1n) is 7.36. The van der Waals surface area contributed by atoms with Crippen molar-refractivity contribution in [1.82, 2.24) is 20.2 Å². The van der Waals surface area contributed by atoms with Crippen LogP contribution in [0.2, 0.25) is 0 Å². The molecule has 122 valence electrons. The molecule has 0 aliphatic carbocycles. The van der Waals surface area contributed by atoms with Crippen molar-refractivity contribution in [3.8, 4) is 10.6 Å². The quantitative estimate of drug-likeness (QED) is 0.689.